The molecule has 0 bridgehead atoms. The molecule has 0 aromatic rings. The van der Waals surface area contributed by atoms with Gasteiger partial charge in [0, 0.05) is 0 Å². The summed E-state index contributed by atoms with van der Waals surface area (Å²) in [5, 5.41) is 0. The van der Waals surface area contributed by atoms with Gasteiger partial charge >= 0.3 is 6.16 Å². The van der Waals surface area contributed by atoms with E-state index in [0.717, 1.165) is 38.5 Å². The molecule has 0 spiro atoms. The zero-order chi connectivity index (χ0) is 10.8. The van der Waals surface area contributed by atoms with E-state index in [9.17, 15) is 4.79 Å². The number of rotatable bonds is 7. The SMILES string of the molecule is [CH2]OC(=O)OC(CCCC)CCCC. The van der Waals surface area contributed by atoms with Crippen LogP contribution in [0.5, 0.6) is 0 Å². The third-order valence-corrected chi connectivity index (χ3v) is 2.14. The highest BCUT2D eigenvalue weighted by atomic mass is 16.7. The van der Waals surface area contributed by atoms with E-state index in [0.29, 0.717) is 0 Å². The van der Waals surface area contributed by atoms with Gasteiger partial charge < -0.3 is 9.47 Å². The molecular weight excluding hydrogens is 180 g/mol. The summed E-state index contributed by atoms with van der Waals surface area (Å²) in [6, 6.07) is 0. The van der Waals surface area contributed by atoms with Crippen LogP contribution in [0.25, 0.3) is 0 Å². The second-order valence-corrected chi connectivity index (χ2v) is 3.42. The Labute approximate surface area is 86.8 Å². The summed E-state index contributed by atoms with van der Waals surface area (Å²) in [4.78, 5) is 10.8. The standard InChI is InChI=1S/C11H21O3/c1-4-6-8-10(9-7-5-2)14-11(12)13-3/h10H,3-9H2,1-2H3. The highest BCUT2D eigenvalue weighted by molar-refractivity contribution is 5.60. The van der Waals surface area contributed by atoms with Gasteiger partial charge in [0.25, 0.3) is 0 Å². The van der Waals surface area contributed by atoms with Gasteiger partial charge in [-0.3, -0.25) is 0 Å². The monoisotopic (exact) mass is 201 g/mol. The van der Waals surface area contributed by atoms with Crippen molar-refractivity contribution in [1.29, 1.82) is 0 Å². The molecule has 14 heavy (non-hydrogen) atoms. The van der Waals surface area contributed by atoms with Crippen LogP contribution in [-0.2, 0) is 9.47 Å². The van der Waals surface area contributed by atoms with Crippen molar-refractivity contribution in [3.05, 3.63) is 7.11 Å². The maximum absolute atomic E-state index is 10.8. The van der Waals surface area contributed by atoms with Crippen molar-refractivity contribution in [2.75, 3.05) is 0 Å². The number of carbonyl (C=O) groups is 1. The lowest BCUT2D eigenvalue weighted by molar-refractivity contribution is 0.0366. The molecule has 3 heteroatoms. The molecular formula is C11H21O3. The zero-order valence-electron chi connectivity index (χ0n) is 9.25. The first kappa shape index (κ1) is 13.3. The molecule has 0 aromatic heterocycles. The van der Waals surface area contributed by atoms with E-state index < -0.39 is 6.16 Å². The lowest BCUT2D eigenvalue weighted by atomic mass is 10.1. The van der Waals surface area contributed by atoms with E-state index in [4.69, 9.17) is 4.74 Å². The van der Waals surface area contributed by atoms with Gasteiger partial charge in [-0.1, -0.05) is 39.5 Å². The summed E-state index contributed by atoms with van der Waals surface area (Å²) < 4.78 is 9.31. The summed E-state index contributed by atoms with van der Waals surface area (Å²) in [5.41, 5.74) is 0. The summed E-state index contributed by atoms with van der Waals surface area (Å²) in [7, 11) is 3.02. The van der Waals surface area contributed by atoms with Gasteiger partial charge in [0.2, 0.25) is 0 Å². The minimum Gasteiger partial charge on any atom is -0.431 e. The maximum Gasteiger partial charge on any atom is 0.508 e. The van der Waals surface area contributed by atoms with Crippen molar-refractivity contribution in [1.82, 2.24) is 0 Å². The summed E-state index contributed by atoms with van der Waals surface area (Å²) in [6.45, 7) is 4.24. The smallest absolute Gasteiger partial charge is 0.431 e. The molecule has 3 nitrogen and oxygen atoms in total. The van der Waals surface area contributed by atoms with Crippen molar-refractivity contribution in [3.8, 4) is 0 Å². The number of ether oxygens (including phenoxy) is 2. The first-order valence-electron chi connectivity index (χ1n) is 5.37. The van der Waals surface area contributed by atoms with Gasteiger partial charge in [0.15, 0.2) is 0 Å². The molecule has 0 heterocycles. The van der Waals surface area contributed by atoms with Crippen LogP contribution in [0.15, 0.2) is 0 Å². The first-order chi connectivity index (χ1) is 6.74. The lowest BCUT2D eigenvalue weighted by Gasteiger charge is -2.15. The molecule has 83 valence electrons. The largest absolute Gasteiger partial charge is 0.508 e. The van der Waals surface area contributed by atoms with E-state index in [1.807, 2.05) is 0 Å². The van der Waals surface area contributed by atoms with E-state index in [-0.39, 0.29) is 6.10 Å². The molecule has 0 aliphatic rings. The Morgan fingerprint density at radius 1 is 1.21 bits per heavy atom. The highest BCUT2D eigenvalue weighted by Crippen LogP contribution is 2.13. The average molecular weight is 201 g/mol. The first-order valence-corrected chi connectivity index (χ1v) is 5.37. The van der Waals surface area contributed by atoms with E-state index in [1.165, 1.54) is 0 Å². The van der Waals surface area contributed by atoms with Gasteiger partial charge in [-0.05, 0) is 12.8 Å². The average Bonchev–Trinajstić information content (AvgIpc) is 2.21. The number of carbonyl (C=O) groups excluding carboxylic acids is 1. The zero-order valence-corrected chi connectivity index (χ0v) is 9.25. The quantitative estimate of drug-likeness (QED) is 0.589. The second kappa shape index (κ2) is 8.85. The highest BCUT2D eigenvalue weighted by Gasteiger charge is 2.13. The maximum atomic E-state index is 10.8. The Balaban J connectivity index is 3.77. The lowest BCUT2D eigenvalue weighted by Crippen LogP contribution is -2.17. The Hall–Kier alpha value is -0.730. The van der Waals surface area contributed by atoms with Crippen molar-refractivity contribution in [2.45, 2.75) is 58.5 Å². The number of unbranched alkanes of at least 4 members (excludes halogenated alkanes) is 2. The van der Waals surface area contributed by atoms with Crippen LogP contribution < -0.4 is 0 Å². The molecule has 0 saturated heterocycles. The molecule has 0 atom stereocenters. The van der Waals surface area contributed by atoms with Crippen LogP contribution in [0.2, 0.25) is 0 Å². The van der Waals surface area contributed by atoms with Gasteiger partial charge in [-0.2, -0.15) is 0 Å². The third-order valence-electron chi connectivity index (χ3n) is 2.14. The van der Waals surface area contributed by atoms with Crippen LogP contribution in [0, 0.1) is 7.11 Å². The minimum absolute atomic E-state index is 0.00384. The Morgan fingerprint density at radius 3 is 2.07 bits per heavy atom. The van der Waals surface area contributed by atoms with Crippen LogP contribution in [-0.4, -0.2) is 12.3 Å². The molecule has 0 aliphatic heterocycles. The number of hydrogen-bond donors (Lipinski definition) is 0. The molecule has 0 saturated carbocycles. The molecule has 0 fully saturated rings. The predicted molar refractivity (Wildman–Crippen MR) is 55.8 cm³/mol. The van der Waals surface area contributed by atoms with Crippen molar-refractivity contribution in [2.24, 2.45) is 0 Å². The normalized spacial score (nSPS) is 10.3. The topological polar surface area (TPSA) is 35.5 Å². The van der Waals surface area contributed by atoms with Crippen LogP contribution in [0.4, 0.5) is 4.79 Å². The van der Waals surface area contributed by atoms with Gasteiger partial charge in [0.05, 0.1) is 0 Å². The van der Waals surface area contributed by atoms with Crippen LogP contribution in [0.3, 0.4) is 0 Å². The summed E-state index contributed by atoms with van der Waals surface area (Å²) >= 11 is 0. The van der Waals surface area contributed by atoms with E-state index in [2.05, 4.69) is 25.7 Å². The van der Waals surface area contributed by atoms with E-state index in [1.54, 1.807) is 0 Å². The van der Waals surface area contributed by atoms with Crippen molar-refractivity contribution >= 4 is 6.16 Å². The molecule has 1 radical (unpaired) electrons. The predicted octanol–water partition coefficient (Wildman–Crippen LogP) is 3.68. The van der Waals surface area contributed by atoms with Gasteiger partial charge in [-0.15, -0.1) is 0 Å². The van der Waals surface area contributed by atoms with Crippen LogP contribution in [0.1, 0.15) is 52.4 Å². The Morgan fingerprint density at radius 2 is 1.71 bits per heavy atom. The fraction of sp³-hybridized carbons (Fsp3) is 0.818. The minimum atomic E-state index is -0.665. The fourth-order valence-electron chi connectivity index (χ4n) is 1.30. The van der Waals surface area contributed by atoms with Gasteiger partial charge in [0.1, 0.15) is 13.2 Å². The number of hydrogen-bond acceptors (Lipinski definition) is 3. The summed E-state index contributed by atoms with van der Waals surface area (Å²) in [5.74, 6) is 0. The molecule has 0 rings (SSSR count). The third kappa shape index (κ3) is 6.75. The molecule has 0 amide bonds. The fourth-order valence-corrected chi connectivity index (χ4v) is 1.30. The molecule has 0 aromatic carbocycles. The molecule has 0 aliphatic carbocycles. The van der Waals surface area contributed by atoms with Crippen LogP contribution >= 0.6 is 0 Å². The molecule has 0 N–H and O–H groups in total. The second-order valence-electron chi connectivity index (χ2n) is 3.42. The van der Waals surface area contributed by atoms with Crippen molar-refractivity contribution in [3.63, 3.8) is 0 Å². The Bertz CT molecular complexity index is 137. The Kier molecular flexibility index (Phi) is 8.39. The molecule has 0 unspecified atom stereocenters. The van der Waals surface area contributed by atoms with E-state index >= 15 is 0 Å². The summed E-state index contributed by atoms with van der Waals surface area (Å²) in [6.07, 6.45) is 5.58. The van der Waals surface area contributed by atoms with Crippen molar-refractivity contribution < 1.29 is 14.3 Å². The van der Waals surface area contributed by atoms with Gasteiger partial charge in [-0.25, -0.2) is 4.79 Å².